The molecule has 6 heteroatoms. The van der Waals surface area contributed by atoms with Gasteiger partial charge in [0.1, 0.15) is 11.6 Å². The number of aromatic nitrogens is 4. The molecule has 0 saturated carbocycles. The zero-order valence-electron chi connectivity index (χ0n) is 23.5. The van der Waals surface area contributed by atoms with Crippen LogP contribution in [0.5, 0.6) is 0 Å². The molecule has 4 heterocycles. The van der Waals surface area contributed by atoms with Crippen LogP contribution in [0.1, 0.15) is 0 Å². The molecular weight excluding hydrogens is 722 g/mol. The van der Waals surface area contributed by atoms with Crippen molar-refractivity contribution in [3.63, 3.8) is 0 Å². The van der Waals surface area contributed by atoms with E-state index in [0.29, 0.717) is 0 Å². The summed E-state index contributed by atoms with van der Waals surface area (Å²) in [6, 6.07) is 49.1. The maximum atomic E-state index is 5.27. The first-order chi connectivity index (χ1) is 21.3. The fourth-order valence-corrected chi connectivity index (χ4v) is 5.13. The fourth-order valence-electron chi connectivity index (χ4n) is 5.13. The van der Waals surface area contributed by atoms with Crippen molar-refractivity contribution in [1.82, 2.24) is 19.9 Å². The van der Waals surface area contributed by atoms with Crippen molar-refractivity contribution in [2.24, 2.45) is 0 Å². The van der Waals surface area contributed by atoms with Crippen molar-refractivity contribution in [3.8, 4) is 44.8 Å². The van der Waals surface area contributed by atoms with Gasteiger partial charge in [-0.2, -0.15) is 0 Å². The Labute approximate surface area is 271 Å². The van der Waals surface area contributed by atoms with Crippen LogP contribution in [0.2, 0.25) is 0 Å². The first-order valence-corrected chi connectivity index (χ1v) is 14.0. The van der Waals surface area contributed by atoms with Crippen LogP contribution in [0.3, 0.4) is 0 Å². The summed E-state index contributed by atoms with van der Waals surface area (Å²) >= 11 is 0. The second kappa shape index (κ2) is 13.4. The number of rotatable bonds is 7. The zero-order valence-corrected chi connectivity index (χ0v) is 25.8. The van der Waals surface area contributed by atoms with Crippen LogP contribution in [-0.4, -0.2) is 19.9 Å². The Morgan fingerprint density at radius 2 is 0.909 bits per heavy atom. The van der Waals surface area contributed by atoms with Crippen molar-refractivity contribution in [2.75, 3.05) is 4.90 Å². The van der Waals surface area contributed by atoms with E-state index in [2.05, 4.69) is 51.3 Å². The summed E-state index contributed by atoms with van der Waals surface area (Å²) in [5, 5.41) is 0. The Balaban J connectivity index is 0.00000343. The van der Waals surface area contributed by atoms with Gasteiger partial charge in [-0.1, -0.05) is 30.3 Å². The molecule has 0 radical (unpaired) electrons. The molecule has 0 aliphatic carbocycles. The molecule has 4 aromatic heterocycles. The van der Waals surface area contributed by atoms with Crippen LogP contribution < -0.4 is 4.90 Å². The first kappa shape index (κ1) is 28.8. The van der Waals surface area contributed by atoms with Gasteiger partial charge in [-0.3, -0.25) is 24.8 Å². The quantitative estimate of drug-likeness (QED) is 0.153. The number of hydrogen-bond acceptors (Lipinski definition) is 5. The summed E-state index contributed by atoms with van der Waals surface area (Å²) in [5.41, 5.74) is 8.50. The van der Waals surface area contributed by atoms with Crippen LogP contribution in [0.4, 0.5) is 17.3 Å². The van der Waals surface area contributed by atoms with E-state index in [1.54, 1.807) is 24.8 Å². The molecule has 3 aromatic carbocycles. The van der Waals surface area contributed by atoms with Crippen molar-refractivity contribution in [1.29, 1.82) is 0 Å². The third kappa shape index (κ3) is 5.96. The van der Waals surface area contributed by atoms with Gasteiger partial charge in [0.25, 0.3) is 0 Å². The Bertz CT molecular complexity index is 1830. The molecule has 0 spiro atoms. The van der Waals surface area contributed by atoms with Crippen LogP contribution in [-0.2, 0) is 21.1 Å². The predicted molar refractivity (Wildman–Crippen MR) is 172 cm³/mol. The molecule has 0 N–H and O–H groups in total. The van der Waals surface area contributed by atoms with E-state index >= 15 is 0 Å². The molecular formula is C38H25N5Pt. The third-order valence-corrected chi connectivity index (χ3v) is 7.14. The standard InChI is InChI=1S/C38H25N5.Pt/c1-4-10-30(11-5-1)37-33(28-20-24-39-25-21-28)16-18-35(41-37)43(32-14-8-3-9-15-32)36-19-17-34(29-22-26-40-27-23-29)38(42-36)31-12-6-2-7-13-31;/h1-10,12,14-27H;/q-2;+2. The van der Waals surface area contributed by atoms with E-state index in [1.807, 2.05) is 103 Å². The SMILES string of the molecule is [Pt+2].[c-]1ccccc1-c1nc(N(c2ccccc2)c2ccc(-c3ccncc3)c(-c3[c-]cccc3)n2)ccc1-c1ccncc1. The first-order valence-electron chi connectivity index (χ1n) is 14.0. The Morgan fingerprint density at radius 1 is 0.455 bits per heavy atom. The largest absolute Gasteiger partial charge is 2.00 e. The van der Waals surface area contributed by atoms with E-state index in [1.165, 1.54) is 0 Å². The normalized spacial score (nSPS) is 10.5. The molecule has 0 aliphatic heterocycles. The Hall–Kier alpha value is -5.25. The molecule has 44 heavy (non-hydrogen) atoms. The summed E-state index contributed by atoms with van der Waals surface area (Å²) in [7, 11) is 0. The summed E-state index contributed by atoms with van der Waals surface area (Å²) in [6.07, 6.45) is 7.20. The maximum Gasteiger partial charge on any atom is 2.00 e. The minimum atomic E-state index is 0. The van der Waals surface area contributed by atoms with Gasteiger partial charge in [0.15, 0.2) is 0 Å². The van der Waals surface area contributed by atoms with Crippen molar-refractivity contribution < 1.29 is 21.1 Å². The van der Waals surface area contributed by atoms with Crippen molar-refractivity contribution in [2.45, 2.75) is 0 Å². The number of pyridine rings is 4. The van der Waals surface area contributed by atoms with Gasteiger partial charge in [-0.05, 0) is 82.2 Å². The average molecular weight is 747 g/mol. The van der Waals surface area contributed by atoms with Crippen LogP contribution in [0.15, 0.2) is 152 Å². The van der Waals surface area contributed by atoms with Gasteiger partial charge in [0.05, 0.1) is 0 Å². The predicted octanol–water partition coefficient (Wildman–Crippen LogP) is 9.00. The van der Waals surface area contributed by atoms with Gasteiger partial charge in [0.2, 0.25) is 0 Å². The van der Waals surface area contributed by atoms with Crippen LogP contribution in [0, 0.1) is 12.1 Å². The summed E-state index contributed by atoms with van der Waals surface area (Å²) in [5.74, 6) is 1.48. The minimum Gasteiger partial charge on any atom is -0.280 e. The number of para-hydroxylation sites is 1. The smallest absolute Gasteiger partial charge is 0.280 e. The number of anilines is 3. The molecule has 0 unspecified atom stereocenters. The van der Waals surface area contributed by atoms with E-state index in [9.17, 15) is 0 Å². The second-order valence-corrected chi connectivity index (χ2v) is 9.83. The minimum absolute atomic E-state index is 0. The third-order valence-electron chi connectivity index (χ3n) is 7.14. The number of hydrogen-bond donors (Lipinski definition) is 0. The van der Waals surface area contributed by atoms with Gasteiger partial charge < -0.3 is 0 Å². The average Bonchev–Trinajstić information content (AvgIpc) is 3.10. The monoisotopic (exact) mass is 746 g/mol. The molecule has 0 atom stereocenters. The van der Waals surface area contributed by atoms with Crippen LogP contribution in [0.25, 0.3) is 44.8 Å². The Kier molecular flexibility index (Phi) is 8.77. The van der Waals surface area contributed by atoms with Crippen molar-refractivity contribution >= 4 is 17.3 Å². The van der Waals surface area contributed by atoms with Gasteiger partial charge in [-0.25, -0.2) is 0 Å². The molecule has 0 aliphatic rings. The molecule has 7 aromatic rings. The van der Waals surface area contributed by atoms with E-state index < -0.39 is 0 Å². The van der Waals surface area contributed by atoms with Crippen molar-refractivity contribution in [3.05, 3.63) is 164 Å². The molecule has 0 fully saturated rings. The summed E-state index contributed by atoms with van der Waals surface area (Å²) < 4.78 is 0. The fraction of sp³-hybridized carbons (Fsp3) is 0. The maximum absolute atomic E-state index is 5.27. The molecule has 5 nitrogen and oxygen atoms in total. The topological polar surface area (TPSA) is 54.8 Å². The molecule has 212 valence electrons. The summed E-state index contributed by atoms with van der Waals surface area (Å²) in [4.78, 5) is 21.1. The van der Waals surface area contributed by atoms with Crippen LogP contribution >= 0.6 is 0 Å². The molecule has 0 saturated heterocycles. The van der Waals surface area contributed by atoms with E-state index in [4.69, 9.17) is 9.97 Å². The van der Waals surface area contributed by atoms with Gasteiger partial charge in [0, 0.05) is 30.5 Å². The Morgan fingerprint density at radius 3 is 1.34 bits per heavy atom. The number of nitrogens with zero attached hydrogens (tertiary/aromatic N) is 5. The molecule has 0 bridgehead atoms. The summed E-state index contributed by atoms with van der Waals surface area (Å²) in [6.45, 7) is 0. The van der Waals surface area contributed by atoms with Gasteiger partial charge >= 0.3 is 21.1 Å². The molecule has 7 rings (SSSR count). The van der Waals surface area contributed by atoms with E-state index in [-0.39, 0.29) is 21.1 Å². The second-order valence-electron chi connectivity index (χ2n) is 9.83. The zero-order chi connectivity index (χ0) is 28.8. The van der Waals surface area contributed by atoms with E-state index in [0.717, 1.165) is 62.1 Å². The molecule has 0 amide bonds. The van der Waals surface area contributed by atoms with Gasteiger partial charge in [-0.15, -0.1) is 71.8 Å². The number of benzene rings is 3.